The van der Waals surface area contributed by atoms with E-state index in [9.17, 15) is 4.79 Å². The lowest BCUT2D eigenvalue weighted by atomic mass is 9.97. The van der Waals surface area contributed by atoms with Crippen LogP contribution in [0.4, 0.5) is 5.82 Å². The molecule has 0 spiro atoms. The number of hydrogen-bond acceptors (Lipinski definition) is 6. The van der Waals surface area contributed by atoms with Crippen LogP contribution in [0.1, 0.15) is 49.5 Å². The van der Waals surface area contributed by atoms with E-state index in [2.05, 4.69) is 38.8 Å². The Labute approximate surface area is 179 Å². The molecule has 1 fully saturated rings. The first-order valence-electron chi connectivity index (χ1n) is 10.4. The van der Waals surface area contributed by atoms with E-state index in [-0.39, 0.29) is 17.7 Å². The van der Waals surface area contributed by atoms with Crippen molar-refractivity contribution in [3.8, 4) is 11.3 Å². The van der Waals surface area contributed by atoms with Gasteiger partial charge in [-0.25, -0.2) is 9.97 Å². The number of carbonyl (C=O) groups excluding carboxylic acids is 1. The second-order valence-electron chi connectivity index (χ2n) is 7.94. The summed E-state index contributed by atoms with van der Waals surface area (Å²) in [6.07, 6.45) is 8.65. The van der Waals surface area contributed by atoms with E-state index < -0.39 is 5.91 Å². The minimum atomic E-state index is -0.557. The lowest BCUT2D eigenvalue weighted by molar-refractivity contribution is 0.0949. The number of aliphatic hydroxyl groups is 1. The molecule has 4 aromatic rings. The maximum absolute atomic E-state index is 11.7. The van der Waals surface area contributed by atoms with Crippen LogP contribution >= 0.6 is 0 Å². The van der Waals surface area contributed by atoms with Crippen LogP contribution in [0.5, 0.6) is 0 Å². The minimum absolute atomic E-state index is 0.0648. The van der Waals surface area contributed by atoms with Gasteiger partial charge in [-0.1, -0.05) is 0 Å². The Morgan fingerprint density at radius 3 is 2.65 bits per heavy atom. The topological polar surface area (TPSA) is 123 Å². The maximum atomic E-state index is 11.7. The molecule has 0 unspecified atom stereocenters. The Balaban J connectivity index is 0.000000407. The molecule has 1 aliphatic rings. The fourth-order valence-electron chi connectivity index (χ4n) is 3.52. The predicted octanol–water partition coefficient (Wildman–Crippen LogP) is 3.00. The number of fused-ring (bicyclic) bond motifs is 2. The van der Waals surface area contributed by atoms with Crippen LogP contribution in [-0.2, 0) is 0 Å². The Morgan fingerprint density at radius 2 is 2.06 bits per heavy atom. The molecule has 0 radical (unpaired) electrons. The first-order valence-corrected chi connectivity index (χ1v) is 10.4. The number of nitrogens with zero attached hydrogens (tertiary/aromatic N) is 5. The van der Waals surface area contributed by atoms with Gasteiger partial charge < -0.3 is 20.7 Å². The van der Waals surface area contributed by atoms with Crippen LogP contribution in [0, 0.1) is 0 Å². The number of hydrogen-bond donors (Lipinski definition) is 3. The fourth-order valence-corrected chi connectivity index (χ4v) is 3.52. The number of carbonyl (C=O) groups is 1. The Bertz CT molecular complexity index is 1240. The average Bonchev–Trinajstić information content (AvgIpc) is 3.34. The van der Waals surface area contributed by atoms with Gasteiger partial charge in [0, 0.05) is 42.5 Å². The largest absolute Gasteiger partial charge is 0.393 e. The van der Waals surface area contributed by atoms with Crippen molar-refractivity contribution in [2.24, 2.45) is 5.73 Å². The quantitative estimate of drug-likeness (QED) is 0.465. The molecule has 5 rings (SSSR count). The summed E-state index contributed by atoms with van der Waals surface area (Å²) in [6, 6.07) is 6.08. The zero-order valence-electron chi connectivity index (χ0n) is 17.9. The highest BCUT2D eigenvalue weighted by atomic mass is 16.3. The van der Waals surface area contributed by atoms with Crippen LogP contribution in [0.25, 0.3) is 27.9 Å². The molecule has 9 nitrogen and oxygen atoms in total. The van der Waals surface area contributed by atoms with Crippen molar-refractivity contribution in [3.05, 3.63) is 42.4 Å². The molecule has 4 N–H and O–H groups in total. The average molecular weight is 422 g/mol. The van der Waals surface area contributed by atoms with Crippen LogP contribution in [0.15, 0.2) is 36.8 Å². The van der Waals surface area contributed by atoms with Gasteiger partial charge >= 0.3 is 0 Å². The smallest absolute Gasteiger partial charge is 0.254 e. The molecule has 4 aromatic heterocycles. The van der Waals surface area contributed by atoms with Crippen molar-refractivity contribution in [1.82, 2.24) is 24.1 Å². The number of rotatable bonds is 4. The van der Waals surface area contributed by atoms with Gasteiger partial charge in [0.15, 0.2) is 5.65 Å². The summed E-state index contributed by atoms with van der Waals surface area (Å²) >= 11 is 0. The molecule has 0 aromatic carbocycles. The Kier molecular flexibility index (Phi) is 5.60. The standard InChI is InChI=1S/C18H19N7O.C4H8O/c1-10(2)24-9-13(11-5-4-6-21-17(11)24)14-7-15(20-3)25-18(23-14)12(8-22-25)16(19)26;5-4-2-1-3-4/h4-10,20H,1-3H3,(H2,19,26);4-5H,1-3H2. The van der Waals surface area contributed by atoms with E-state index in [0.717, 1.165) is 35.1 Å². The van der Waals surface area contributed by atoms with Crippen molar-refractivity contribution in [2.75, 3.05) is 12.4 Å². The molecular weight excluding hydrogens is 394 g/mol. The molecule has 4 heterocycles. The number of pyridine rings is 1. The molecule has 0 saturated heterocycles. The van der Waals surface area contributed by atoms with Gasteiger partial charge in [0.2, 0.25) is 0 Å². The Morgan fingerprint density at radius 1 is 1.32 bits per heavy atom. The number of amides is 1. The number of anilines is 1. The second-order valence-corrected chi connectivity index (χ2v) is 7.94. The van der Waals surface area contributed by atoms with Gasteiger partial charge in [0.1, 0.15) is 17.0 Å². The lowest BCUT2D eigenvalue weighted by Crippen LogP contribution is -2.15. The highest BCUT2D eigenvalue weighted by Crippen LogP contribution is 2.32. The van der Waals surface area contributed by atoms with Gasteiger partial charge in [0.05, 0.1) is 18.0 Å². The molecule has 0 bridgehead atoms. The summed E-state index contributed by atoms with van der Waals surface area (Å²) in [5, 5.41) is 16.8. The van der Waals surface area contributed by atoms with E-state index in [1.54, 1.807) is 17.8 Å². The van der Waals surface area contributed by atoms with E-state index in [1.165, 1.54) is 12.6 Å². The molecule has 31 heavy (non-hydrogen) atoms. The van der Waals surface area contributed by atoms with Crippen molar-refractivity contribution in [3.63, 3.8) is 0 Å². The number of aliphatic hydroxyl groups excluding tert-OH is 1. The summed E-state index contributed by atoms with van der Waals surface area (Å²) in [4.78, 5) is 20.9. The van der Waals surface area contributed by atoms with Gasteiger partial charge in [-0.3, -0.25) is 4.79 Å². The van der Waals surface area contributed by atoms with Crippen molar-refractivity contribution in [1.29, 1.82) is 0 Å². The summed E-state index contributed by atoms with van der Waals surface area (Å²) in [6.45, 7) is 4.21. The lowest BCUT2D eigenvalue weighted by Gasteiger charge is -2.17. The fraction of sp³-hybridized carbons (Fsp3) is 0.364. The molecule has 1 amide bonds. The molecule has 0 atom stereocenters. The van der Waals surface area contributed by atoms with Gasteiger partial charge in [-0.2, -0.15) is 9.61 Å². The third-order valence-electron chi connectivity index (χ3n) is 5.49. The summed E-state index contributed by atoms with van der Waals surface area (Å²) in [5.41, 5.74) is 8.75. The SMILES string of the molecule is CNc1cc(-c2cn(C(C)C)c3ncccc23)nc2c(C(N)=O)cnn12.OC1CCC1. The van der Waals surface area contributed by atoms with Crippen LogP contribution < -0.4 is 11.1 Å². The first kappa shape index (κ1) is 20.8. The third kappa shape index (κ3) is 3.84. The first-order chi connectivity index (χ1) is 14.9. The molecule has 0 aliphatic heterocycles. The van der Waals surface area contributed by atoms with E-state index in [1.807, 2.05) is 24.4 Å². The molecule has 1 aliphatic carbocycles. The predicted molar refractivity (Wildman–Crippen MR) is 120 cm³/mol. The van der Waals surface area contributed by atoms with E-state index in [4.69, 9.17) is 10.8 Å². The highest BCUT2D eigenvalue weighted by Gasteiger charge is 2.19. The third-order valence-corrected chi connectivity index (χ3v) is 5.49. The van der Waals surface area contributed by atoms with Crippen LogP contribution in [-0.4, -0.2) is 48.3 Å². The van der Waals surface area contributed by atoms with Crippen molar-refractivity contribution < 1.29 is 9.90 Å². The van der Waals surface area contributed by atoms with Gasteiger partial charge in [-0.05, 0) is 45.2 Å². The van der Waals surface area contributed by atoms with Gasteiger partial charge in [0.25, 0.3) is 5.91 Å². The normalized spacial score (nSPS) is 13.8. The molecule has 9 heteroatoms. The molecule has 1 saturated carbocycles. The van der Waals surface area contributed by atoms with E-state index >= 15 is 0 Å². The monoisotopic (exact) mass is 421 g/mol. The maximum Gasteiger partial charge on any atom is 0.254 e. The second kappa shape index (κ2) is 8.35. The number of nitrogens with two attached hydrogens (primary N) is 1. The van der Waals surface area contributed by atoms with Crippen LogP contribution in [0.3, 0.4) is 0 Å². The van der Waals surface area contributed by atoms with Crippen molar-refractivity contribution >= 4 is 28.4 Å². The molecular formula is C22H27N7O2. The summed E-state index contributed by atoms with van der Waals surface area (Å²) in [7, 11) is 1.79. The summed E-state index contributed by atoms with van der Waals surface area (Å²) in [5.74, 6) is 0.157. The molecule has 162 valence electrons. The minimum Gasteiger partial charge on any atom is -0.393 e. The number of nitrogens with one attached hydrogen (secondary N) is 1. The highest BCUT2D eigenvalue weighted by molar-refractivity contribution is 6.00. The zero-order chi connectivity index (χ0) is 22.1. The van der Waals surface area contributed by atoms with E-state index in [0.29, 0.717) is 11.5 Å². The van der Waals surface area contributed by atoms with Crippen LogP contribution in [0.2, 0.25) is 0 Å². The number of aromatic nitrogens is 5. The van der Waals surface area contributed by atoms with Crippen molar-refractivity contribution in [2.45, 2.75) is 45.3 Å². The van der Waals surface area contributed by atoms with Gasteiger partial charge in [-0.15, -0.1) is 0 Å². The summed E-state index contributed by atoms with van der Waals surface area (Å²) < 4.78 is 3.68. The number of primary amides is 1. The zero-order valence-corrected chi connectivity index (χ0v) is 17.9. The Hall–Kier alpha value is -3.46.